The van der Waals surface area contributed by atoms with Gasteiger partial charge in [-0.1, -0.05) is 25.7 Å². The maximum atomic E-state index is 12.2. The van der Waals surface area contributed by atoms with Gasteiger partial charge in [0.25, 0.3) is 0 Å². The van der Waals surface area contributed by atoms with Crippen molar-refractivity contribution in [2.75, 3.05) is 0 Å². The van der Waals surface area contributed by atoms with Gasteiger partial charge in [0, 0.05) is 12.8 Å². The molecule has 0 aliphatic carbocycles. The Morgan fingerprint density at radius 3 is 1.77 bits per heavy atom. The van der Waals surface area contributed by atoms with E-state index in [-0.39, 0.29) is 19.3 Å². The number of aliphatic carboxylic acids is 2. The van der Waals surface area contributed by atoms with Crippen LogP contribution in [0.3, 0.4) is 0 Å². The van der Waals surface area contributed by atoms with Crippen molar-refractivity contribution in [3.8, 4) is 0 Å². The lowest BCUT2D eigenvalue weighted by atomic mass is 9.95. The summed E-state index contributed by atoms with van der Waals surface area (Å²) in [6, 6.07) is 0. The smallest absolute Gasteiger partial charge is 0.343 e. The van der Waals surface area contributed by atoms with E-state index in [1.165, 1.54) is 25.2 Å². The molecule has 0 atom stereocenters. The van der Waals surface area contributed by atoms with Crippen LogP contribution >= 0.6 is 0 Å². The van der Waals surface area contributed by atoms with Gasteiger partial charge >= 0.3 is 17.9 Å². The molecule has 0 rings (SSSR count). The Morgan fingerprint density at radius 2 is 1.50 bits per heavy atom. The molecular formula is C16H20O6. The van der Waals surface area contributed by atoms with Crippen molar-refractivity contribution in [1.82, 2.24) is 0 Å². The van der Waals surface area contributed by atoms with Crippen molar-refractivity contribution in [2.45, 2.75) is 31.8 Å². The van der Waals surface area contributed by atoms with Crippen LogP contribution in [-0.4, -0.2) is 33.7 Å². The number of carbonyl (C=O) groups excluding carboxylic acids is 1. The van der Waals surface area contributed by atoms with E-state index in [1.807, 2.05) is 0 Å². The average Bonchev–Trinajstić information content (AvgIpc) is 2.43. The lowest BCUT2D eigenvalue weighted by Gasteiger charge is -2.29. The number of carbonyl (C=O) groups is 3. The Bertz CT molecular complexity index is 501. The minimum absolute atomic E-state index is 0.0951. The van der Waals surface area contributed by atoms with Crippen molar-refractivity contribution in [3.05, 3.63) is 49.1 Å². The fraction of sp³-hybridized carbons (Fsp3) is 0.312. The van der Waals surface area contributed by atoms with Crippen LogP contribution in [0.25, 0.3) is 0 Å². The van der Waals surface area contributed by atoms with Crippen molar-refractivity contribution in [1.29, 1.82) is 0 Å². The molecule has 0 saturated heterocycles. The second kappa shape index (κ2) is 8.61. The number of hydrogen-bond acceptors (Lipinski definition) is 4. The second-order valence-electron chi connectivity index (χ2n) is 4.46. The standard InChI is InChI=1S/C16H20O6/c1-5-9-16(8-4,10-6-2)22-15(21)11(7-3)12(13(17)18)14(19)20/h5-6,8H,1-2,4,7,9-10H2,3H3,(H,17,18)(H,19,20). The van der Waals surface area contributed by atoms with Gasteiger partial charge in [-0.05, 0) is 12.5 Å². The van der Waals surface area contributed by atoms with Gasteiger partial charge in [-0.2, -0.15) is 0 Å². The summed E-state index contributed by atoms with van der Waals surface area (Å²) in [6.45, 7) is 12.2. The van der Waals surface area contributed by atoms with Crippen LogP contribution < -0.4 is 0 Å². The summed E-state index contributed by atoms with van der Waals surface area (Å²) in [5, 5.41) is 17.9. The van der Waals surface area contributed by atoms with Crippen LogP contribution in [0.15, 0.2) is 49.1 Å². The Hall–Kier alpha value is -2.63. The molecule has 6 heteroatoms. The number of carboxylic acids is 2. The van der Waals surface area contributed by atoms with Gasteiger partial charge in [0.05, 0.1) is 5.57 Å². The van der Waals surface area contributed by atoms with Crippen molar-refractivity contribution in [2.24, 2.45) is 0 Å². The van der Waals surface area contributed by atoms with Gasteiger partial charge in [0.2, 0.25) is 0 Å². The van der Waals surface area contributed by atoms with E-state index in [4.69, 9.17) is 14.9 Å². The Balaban J connectivity index is 5.78. The number of carboxylic acid groups (broad SMARTS) is 2. The summed E-state index contributed by atoms with van der Waals surface area (Å²) in [4.78, 5) is 34.3. The quantitative estimate of drug-likeness (QED) is 0.211. The number of hydrogen-bond donors (Lipinski definition) is 2. The van der Waals surface area contributed by atoms with Crippen LogP contribution in [0.1, 0.15) is 26.2 Å². The first-order chi connectivity index (χ1) is 10.3. The van der Waals surface area contributed by atoms with E-state index in [0.717, 1.165) is 0 Å². The van der Waals surface area contributed by atoms with Crippen LogP contribution in [0.4, 0.5) is 0 Å². The van der Waals surface area contributed by atoms with Crippen LogP contribution in [0.2, 0.25) is 0 Å². The summed E-state index contributed by atoms with van der Waals surface area (Å²) >= 11 is 0. The average molecular weight is 308 g/mol. The van der Waals surface area contributed by atoms with Crippen molar-refractivity contribution in [3.63, 3.8) is 0 Å². The van der Waals surface area contributed by atoms with Gasteiger partial charge in [-0.25, -0.2) is 14.4 Å². The summed E-state index contributed by atoms with van der Waals surface area (Å²) in [5.74, 6) is -4.40. The largest absolute Gasteiger partial charge is 0.477 e. The van der Waals surface area contributed by atoms with E-state index in [9.17, 15) is 14.4 Å². The Morgan fingerprint density at radius 1 is 1.05 bits per heavy atom. The maximum Gasteiger partial charge on any atom is 0.343 e. The molecule has 0 saturated carbocycles. The second-order valence-corrected chi connectivity index (χ2v) is 4.46. The molecule has 0 amide bonds. The third-order valence-corrected chi connectivity index (χ3v) is 2.98. The lowest BCUT2D eigenvalue weighted by molar-refractivity contribution is -0.151. The third kappa shape index (κ3) is 4.73. The molecule has 120 valence electrons. The topological polar surface area (TPSA) is 101 Å². The van der Waals surface area contributed by atoms with Gasteiger partial charge in [-0.15, -0.1) is 13.2 Å². The van der Waals surface area contributed by atoms with E-state index >= 15 is 0 Å². The zero-order valence-electron chi connectivity index (χ0n) is 12.5. The van der Waals surface area contributed by atoms with Crippen molar-refractivity contribution >= 4 is 17.9 Å². The molecule has 0 aromatic carbocycles. The zero-order chi connectivity index (χ0) is 17.3. The first-order valence-corrected chi connectivity index (χ1v) is 6.57. The summed E-state index contributed by atoms with van der Waals surface area (Å²) in [7, 11) is 0. The lowest BCUT2D eigenvalue weighted by Crippen LogP contribution is -2.33. The first kappa shape index (κ1) is 19.4. The minimum Gasteiger partial charge on any atom is -0.477 e. The Labute approximate surface area is 129 Å². The molecule has 0 unspecified atom stereocenters. The molecule has 0 aromatic heterocycles. The molecule has 0 bridgehead atoms. The summed E-state index contributed by atoms with van der Waals surface area (Å²) < 4.78 is 5.32. The van der Waals surface area contributed by atoms with Crippen LogP contribution in [-0.2, 0) is 19.1 Å². The predicted molar refractivity (Wildman–Crippen MR) is 81.2 cm³/mol. The number of rotatable bonds is 10. The molecule has 0 aliphatic heterocycles. The van der Waals surface area contributed by atoms with Crippen LogP contribution in [0, 0.1) is 0 Å². The molecule has 0 aliphatic rings. The summed E-state index contributed by atoms with van der Waals surface area (Å²) in [5.41, 5.74) is -2.55. The van der Waals surface area contributed by atoms with E-state index in [0.29, 0.717) is 0 Å². The monoisotopic (exact) mass is 308 g/mol. The van der Waals surface area contributed by atoms with Gasteiger partial charge in [0.15, 0.2) is 5.57 Å². The van der Waals surface area contributed by atoms with E-state index < -0.39 is 34.7 Å². The van der Waals surface area contributed by atoms with Gasteiger partial charge < -0.3 is 14.9 Å². The third-order valence-electron chi connectivity index (χ3n) is 2.98. The number of ether oxygens (including phenoxy) is 1. The number of esters is 1. The normalized spacial score (nSPS) is 10.2. The van der Waals surface area contributed by atoms with Crippen molar-refractivity contribution < 1.29 is 29.3 Å². The maximum absolute atomic E-state index is 12.2. The highest BCUT2D eigenvalue weighted by atomic mass is 16.6. The van der Waals surface area contributed by atoms with Gasteiger partial charge in [0.1, 0.15) is 5.60 Å². The molecule has 0 spiro atoms. The molecule has 0 fully saturated rings. The highest BCUT2D eigenvalue weighted by Crippen LogP contribution is 2.26. The van der Waals surface area contributed by atoms with E-state index in [1.54, 1.807) is 0 Å². The zero-order valence-corrected chi connectivity index (χ0v) is 12.5. The molecule has 0 heterocycles. The van der Waals surface area contributed by atoms with E-state index in [2.05, 4.69) is 19.7 Å². The highest BCUT2D eigenvalue weighted by Gasteiger charge is 2.33. The molecule has 0 radical (unpaired) electrons. The minimum atomic E-state index is -1.70. The predicted octanol–water partition coefficient (Wildman–Crippen LogP) is 2.48. The molecule has 0 aromatic rings. The molecular weight excluding hydrogens is 288 g/mol. The highest BCUT2D eigenvalue weighted by molar-refractivity contribution is 6.17. The fourth-order valence-electron chi connectivity index (χ4n) is 1.88. The molecule has 2 N–H and O–H groups in total. The fourth-order valence-corrected chi connectivity index (χ4v) is 1.88. The molecule has 22 heavy (non-hydrogen) atoms. The Kier molecular flexibility index (Phi) is 7.58. The molecule has 6 nitrogen and oxygen atoms in total. The summed E-state index contributed by atoms with van der Waals surface area (Å²) in [6.07, 6.45) is 4.80. The van der Waals surface area contributed by atoms with Gasteiger partial charge in [-0.3, -0.25) is 0 Å². The van der Waals surface area contributed by atoms with Crippen LogP contribution in [0.5, 0.6) is 0 Å². The SMILES string of the molecule is C=CCC(C=C)(CC=C)OC(=O)C(CC)=C(C(=O)O)C(=O)O. The first-order valence-electron chi connectivity index (χ1n) is 6.57.